The van der Waals surface area contributed by atoms with Crippen LogP contribution in [0.4, 0.5) is 0 Å². The Kier molecular flexibility index (Phi) is 5.86. The van der Waals surface area contributed by atoms with Gasteiger partial charge in [-0.1, -0.05) is 13.8 Å². The van der Waals surface area contributed by atoms with E-state index < -0.39 is 0 Å². The van der Waals surface area contributed by atoms with Crippen LogP contribution >= 0.6 is 15.9 Å². The fourth-order valence-corrected chi connectivity index (χ4v) is 4.08. The molecule has 1 atom stereocenters. The summed E-state index contributed by atoms with van der Waals surface area (Å²) in [6.07, 6.45) is 7.63. The summed E-state index contributed by atoms with van der Waals surface area (Å²) in [5, 5.41) is 8.03. The molecule has 0 aliphatic heterocycles. The molecule has 21 heavy (non-hydrogen) atoms. The summed E-state index contributed by atoms with van der Waals surface area (Å²) in [7, 11) is 3.88. The van der Waals surface area contributed by atoms with Crippen LogP contribution in [0.15, 0.2) is 10.7 Å². The maximum absolute atomic E-state index is 6.07. The van der Waals surface area contributed by atoms with Gasteiger partial charge in [0.2, 0.25) is 0 Å². The van der Waals surface area contributed by atoms with Crippen molar-refractivity contribution in [1.29, 1.82) is 0 Å². The monoisotopic (exact) mass is 357 g/mol. The van der Waals surface area contributed by atoms with Crippen molar-refractivity contribution in [3.8, 4) is 0 Å². The number of methoxy groups -OCH3 is 1. The molecule has 1 saturated carbocycles. The highest BCUT2D eigenvalue weighted by Gasteiger charge is 2.43. The zero-order valence-electron chi connectivity index (χ0n) is 13.7. The van der Waals surface area contributed by atoms with Crippen LogP contribution in [0, 0.1) is 5.92 Å². The standard InChI is InChI=1S/C16H28BrN3O/c1-5-10-20-14(13(17)11-19-20)15(18-3)16(21-4)8-6-12(2)7-9-16/h11-12,15,18H,5-10H2,1-4H3. The summed E-state index contributed by atoms with van der Waals surface area (Å²) in [4.78, 5) is 0. The average Bonchev–Trinajstić information content (AvgIpc) is 2.84. The lowest BCUT2D eigenvalue weighted by molar-refractivity contribution is -0.0764. The van der Waals surface area contributed by atoms with E-state index in [0.717, 1.165) is 36.2 Å². The van der Waals surface area contributed by atoms with Crippen LogP contribution in [0.1, 0.15) is 57.7 Å². The first-order valence-electron chi connectivity index (χ1n) is 8.01. The SMILES string of the molecule is CCCn1ncc(Br)c1C(NC)C1(OC)CCC(C)CC1. The Morgan fingerprint density at radius 3 is 2.71 bits per heavy atom. The molecule has 0 amide bonds. The maximum Gasteiger partial charge on any atom is 0.0888 e. The molecular formula is C16H28BrN3O. The summed E-state index contributed by atoms with van der Waals surface area (Å²) < 4.78 is 9.26. The summed E-state index contributed by atoms with van der Waals surface area (Å²) in [5.41, 5.74) is 1.09. The van der Waals surface area contributed by atoms with Gasteiger partial charge in [-0.15, -0.1) is 0 Å². The van der Waals surface area contributed by atoms with Crippen molar-refractivity contribution in [2.24, 2.45) is 5.92 Å². The van der Waals surface area contributed by atoms with Gasteiger partial charge in [-0.3, -0.25) is 4.68 Å². The van der Waals surface area contributed by atoms with Gasteiger partial charge in [0.1, 0.15) is 0 Å². The zero-order valence-corrected chi connectivity index (χ0v) is 15.2. The molecule has 1 aromatic rings. The largest absolute Gasteiger partial charge is 0.376 e. The number of aryl methyl sites for hydroxylation is 1. The van der Waals surface area contributed by atoms with E-state index in [1.54, 1.807) is 0 Å². The Labute approximate surface area is 136 Å². The molecule has 0 bridgehead atoms. The number of rotatable bonds is 6. The molecular weight excluding hydrogens is 330 g/mol. The Morgan fingerprint density at radius 1 is 1.52 bits per heavy atom. The molecule has 1 heterocycles. The van der Waals surface area contributed by atoms with E-state index in [-0.39, 0.29) is 11.6 Å². The smallest absolute Gasteiger partial charge is 0.0888 e. The highest BCUT2D eigenvalue weighted by molar-refractivity contribution is 9.10. The van der Waals surface area contributed by atoms with Gasteiger partial charge in [-0.05, 0) is 61.0 Å². The van der Waals surface area contributed by atoms with Crippen molar-refractivity contribution in [3.63, 3.8) is 0 Å². The van der Waals surface area contributed by atoms with Gasteiger partial charge in [0.25, 0.3) is 0 Å². The Bertz CT molecular complexity index is 452. The predicted molar refractivity (Wildman–Crippen MR) is 89.4 cm³/mol. The third-order valence-electron chi connectivity index (χ3n) is 4.88. The molecule has 5 heteroatoms. The zero-order chi connectivity index (χ0) is 15.5. The van der Waals surface area contributed by atoms with Crippen molar-refractivity contribution in [2.75, 3.05) is 14.2 Å². The van der Waals surface area contributed by atoms with Gasteiger partial charge in [0, 0.05) is 13.7 Å². The molecule has 1 N–H and O–H groups in total. The normalized spacial score (nSPS) is 27.8. The van der Waals surface area contributed by atoms with Crippen LogP contribution in [0.2, 0.25) is 0 Å². The van der Waals surface area contributed by atoms with E-state index in [1.165, 1.54) is 18.5 Å². The third kappa shape index (κ3) is 3.35. The van der Waals surface area contributed by atoms with E-state index in [2.05, 4.69) is 44.9 Å². The molecule has 1 unspecified atom stereocenters. The van der Waals surface area contributed by atoms with Gasteiger partial charge in [-0.2, -0.15) is 5.10 Å². The number of likely N-dealkylation sites (N-methyl/N-ethyl adjacent to an activating group) is 1. The average molecular weight is 358 g/mol. The van der Waals surface area contributed by atoms with Crippen molar-refractivity contribution in [2.45, 2.75) is 64.1 Å². The number of aromatic nitrogens is 2. The minimum absolute atomic E-state index is 0.130. The second kappa shape index (κ2) is 7.25. The van der Waals surface area contributed by atoms with Gasteiger partial charge in [0.15, 0.2) is 0 Å². The number of ether oxygens (including phenoxy) is 1. The van der Waals surface area contributed by atoms with Crippen LogP contribution < -0.4 is 5.32 Å². The lowest BCUT2D eigenvalue weighted by Gasteiger charge is -2.44. The molecule has 0 radical (unpaired) electrons. The predicted octanol–water partition coefficient (Wildman–Crippen LogP) is 3.91. The molecule has 4 nitrogen and oxygen atoms in total. The fraction of sp³-hybridized carbons (Fsp3) is 0.812. The van der Waals surface area contributed by atoms with Crippen molar-refractivity contribution < 1.29 is 4.74 Å². The first-order chi connectivity index (χ1) is 10.1. The number of halogens is 1. The lowest BCUT2D eigenvalue weighted by Crippen LogP contribution is -2.47. The van der Waals surface area contributed by atoms with E-state index in [4.69, 9.17) is 4.74 Å². The molecule has 1 aliphatic rings. The lowest BCUT2D eigenvalue weighted by atomic mass is 9.74. The fourth-order valence-electron chi connectivity index (χ4n) is 3.56. The molecule has 1 fully saturated rings. The second-order valence-corrected chi connectivity index (χ2v) is 7.13. The summed E-state index contributed by atoms with van der Waals surface area (Å²) in [5.74, 6) is 0.801. The summed E-state index contributed by atoms with van der Waals surface area (Å²) >= 11 is 3.68. The van der Waals surface area contributed by atoms with Gasteiger partial charge < -0.3 is 10.1 Å². The summed E-state index contributed by atoms with van der Waals surface area (Å²) in [6, 6.07) is 0.165. The van der Waals surface area contributed by atoms with E-state index in [9.17, 15) is 0 Å². The minimum atomic E-state index is -0.130. The molecule has 1 aliphatic carbocycles. The van der Waals surface area contributed by atoms with Gasteiger partial charge in [0.05, 0.1) is 28.0 Å². The number of hydrogen-bond acceptors (Lipinski definition) is 3. The van der Waals surface area contributed by atoms with Gasteiger partial charge in [-0.25, -0.2) is 0 Å². The maximum atomic E-state index is 6.07. The molecule has 2 rings (SSSR count). The molecule has 120 valence electrons. The number of nitrogens with zero attached hydrogens (tertiary/aromatic N) is 2. The van der Waals surface area contributed by atoms with Crippen LogP contribution in [0.5, 0.6) is 0 Å². The topological polar surface area (TPSA) is 39.1 Å². The Morgan fingerprint density at radius 2 is 2.19 bits per heavy atom. The number of hydrogen-bond donors (Lipinski definition) is 1. The first-order valence-corrected chi connectivity index (χ1v) is 8.81. The van der Waals surface area contributed by atoms with Crippen LogP contribution in [-0.4, -0.2) is 29.5 Å². The third-order valence-corrected chi connectivity index (χ3v) is 5.50. The van der Waals surface area contributed by atoms with Crippen molar-refractivity contribution >= 4 is 15.9 Å². The highest BCUT2D eigenvalue weighted by Crippen LogP contribution is 2.44. The van der Waals surface area contributed by atoms with Crippen molar-refractivity contribution in [3.05, 3.63) is 16.4 Å². The Balaban J connectivity index is 2.35. The molecule has 0 spiro atoms. The molecule has 0 saturated heterocycles. The quantitative estimate of drug-likeness (QED) is 0.838. The van der Waals surface area contributed by atoms with Crippen LogP contribution in [-0.2, 0) is 11.3 Å². The summed E-state index contributed by atoms with van der Waals surface area (Å²) in [6.45, 7) is 5.46. The second-order valence-electron chi connectivity index (χ2n) is 6.27. The minimum Gasteiger partial charge on any atom is -0.376 e. The van der Waals surface area contributed by atoms with E-state index in [0.29, 0.717) is 0 Å². The first kappa shape index (κ1) is 17.0. The molecule has 0 aromatic carbocycles. The van der Waals surface area contributed by atoms with Crippen LogP contribution in [0.25, 0.3) is 0 Å². The molecule has 1 aromatic heterocycles. The van der Waals surface area contributed by atoms with E-state index >= 15 is 0 Å². The van der Waals surface area contributed by atoms with E-state index in [1.807, 2.05) is 20.4 Å². The van der Waals surface area contributed by atoms with Crippen LogP contribution in [0.3, 0.4) is 0 Å². The van der Waals surface area contributed by atoms with Crippen molar-refractivity contribution in [1.82, 2.24) is 15.1 Å². The highest BCUT2D eigenvalue weighted by atomic mass is 79.9. The Hall–Kier alpha value is -0.390. The van der Waals surface area contributed by atoms with Gasteiger partial charge >= 0.3 is 0 Å². The number of nitrogens with one attached hydrogen (secondary N) is 1.